The van der Waals surface area contributed by atoms with Gasteiger partial charge in [-0.25, -0.2) is 4.79 Å². The molecule has 0 heterocycles. The molecule has 20 heavy (non-hydrogen) atoms. The number of hydrogen-bond donors (Lipinski definition) is 3. The van der Waals surface area contributed by atoms with E-state index in [0.717, 1.165) is 30.0 Å². The zero-order valence-electron chi connectivity index (χ0n) is 12.8. The largest absolute Gasteiger partial charge is 0.335 e. The van der Waals surface area contributed by atoms with Crippen LogP contribution in [0, 0.1) is 5.92 Å². The Kier molecular flexibility index (Phi) is 7.09. The van der Waals surface area contributed by atoms with Gasteiger partial charge in [0.05, 0.1) is 0 Å². The Morgan fingerprint density at radius 3 is 2.65 bits per heavy atom. The van der Waals surface area contributed by atoms with Crippen LogP contribution in [0.15, 0.2) is 24.3 Å². The standard InChI is InChI=1S/C16H27N3O/c1-12(2)6-4-7-13(3)18-16(20)19-15-9-5-8-14(10-15)11-17/h5,8-10,12-13H,4,6-7,11,17H2,1-3H3,(H2,18,19,20). The van der Waals surface area contributed by atoms with Crippen LogP contribution in [0.5, 0.6) is 0 Å². The Hall–Kier alpha value is -1.55. The normalized spacial score (nSPS) is 12.2. The van der Waals surface area contributed by atoms with Crippen molar-refractivity contribution < 1.29 is 4.79 Å². The van der Waals surface area contributed by atoms with Crippen molar-refractivity contribution in [3.63, 3.8) is 0 Å². The number of nitrogens with two attached hydrogens (primary N) is 1. The Morgan fingerprint density at radius 1 is 1.25 bits per heavy atom. The van der Waals surface area contributed by atoms with E-state index in [2.05, 4.69) is 24.5 Å². The summed E-state index contributed by atoms with van der Waals surface area (Å²) in [5.41, 5.74) is 7.37. The van der Waals surface area contributed by atoms with Crippen molar-refractivity contribution in [1.82, 2.24) is 5.32 Å². The summed E-state index contributed by atoms with van der Waals surface area (Å²) in [5.74, 6) is 0.718. The van der Waals surface area contributed by atoms with E-state index in [0.29, 0.717) is 6.54 Å². The number of amides is 2. The smallest absolute Gasteiger partial charge is 0.319 e. The fourth-order valence-corrected chi connectivity index (χ4v) is 2.07. The summed E-state index contributed by atoms with van der Waals surface area (Å²) in [6.45, 7) is 6.95. The highest BCUT2D eigenvalue weighted by Crippen LogP contribution is 2.11. The molecule has 4 N–H and O–H groups in total. The van der Waals surface area contributed by atoms with E-state index in [9.17, 15) is 4.79 Å². The molecule has 4 nitrogen and oxygen atoms in total. The second-order valence-corrected chi connectivity index (χ2v) is 5.73. The molecule has 0 aliphatic carbocycles. The second kappa shape index (κ2) is 8.59. The van der Waals surface area contributed by atoms with Crippen LogP contribution in [-0.4, -0.2) is 12.1 Å². The third kappa shape index (κ3) is 6.57. The molecule has 2 amide bonds. The van der Waals surface area contributed by atoms with Crippen LogP contribution in [0.4, 0.5) is 10.5 Å². The molecular weight excluding hydrogens is 250 g/mol. The molecule has 1 aromatic rings. The predicted octanol–water partition coefficient (Wildman–Crippen LogP) is 3.48. The highest BCUT2D eigenvalue weighted by Gasteiger charge is 2.07. The number of anilines is 1. The van der Waals surface area contributed by atoms with Gasteiger partial charge in [-0.3, -0.25) is 0 Å². The number of carbonyl (C=O) groups is 1. The lowest BCUT2D eigenvalue weighted by Crippen LogP contribution is -2.36. The fourth-order valence-electron chi connectivity index (χ4n) is 2.07. The number of carbonyl (C=O) groups excluding carboxylic acids is 1. The molecule has 1 atom stereocenters. The van der Waals surface area contributed by atoms with Crippen LogP contribution in [0.3, 0.4) is 0 Å². The molecule has 1 aromatic carbocycles. The zero-order chi connectivity index (χ0) is 15.0. The van der Waals surface area contributed by atoms with Gasteiger partial charge in [-0.15, -0.1) is 0 Å². The molecule has 0 aromatic heterocycles. The first-order chi connectivity index (χ1) is 9.51. The van der Waals surface area contributed by atoms with Crippen LogP contribution < -0.4 is 16.4 Å². The molecule has 0 saturated heterocycles. The van der Waals surface area contributed by atoms with E-state index in [1.165, 1.54) is 6.42 Å². The number of nitrogens with one attached hydrogen (secondary N) is 2. The topological polar surface area (TPSA) is 67.2 Å². The first-order valence-corrected chi connectivity index (χ1v) is 7.37. The minimum absolute atomic E-state index is 0.156. The molecule has 0 saturated carbocycles. The van der Waals surface area contributed by atoms with Crippen LogP contribution >= 0.6 is 0 Å². The highest BCUT2D eigenvalue weighted by molar-refractivity contribution is 5.89. The highest BCUT2D eigenvalue weighted by atomic mass is 16.2. The van der Waals surface area contributed by atoms with Crippen molar-refractivity contribution in [2.24, 2.45) is 11.7 Å². The van der Waals surface area contributed by atoms with Crippen LogP contribution in [0.2, 0.25) is 0 Å². The van der Waals surface area contributed by atoms with E-state index in [1.54, 1.807) is 0 Å². The predicted molar refractivity (Wildman–Crippen MR) is 84.6 cm³/mol. The SMILES string of the molecule is CC(C)CCCC(C)NC(=O)Nc1cccc(CN)c1. The monoisotopic (exact) mass is 277 g/mol. The number of urea groups is 1. The van der Waals surface area contributed by atoms with Crippen molar-refractivity contribution in [2.75, 3.05) is 5.32 Å². The lowest BCUT2D eigenvalue weighted by Gasteiger charge is -2.15. The molecule has 0 bridgehead atoms. The molecule has 1 rings (SSSR count). The maximum absolute atomic E-state index is 11.9. The molecule has 0 spiro atoms. The lowest BCUT2D eigenvalue weighted by molar-refractivity contribution is 0.248. The summed E-state index contributed by atoms with van der Waals surface area (Å²) < 4.78 is 0. The van der Waals surface area contributed by atoms with Gasteiger partial charge in [0.2, 0.25) is 0 Å². The summed E-state index contributed by atoms with van der Waals surface area (Å²) in [7, 11) is 0. The van der Waals surface area contributed by atoms with Crippen molar-refractivity contribution in [2.45, 2.75) is 52.6 Å². The summed E-state index contributed by atoms with van der Waals surface area (Å²) in [6, 6.07) is 7.62. The van der Waals surface area contributed by atoms with Crippen LogP contribution in [0.1, 0.15) is 45.6 Å². The van der Waals surface area contributed by atoms with Crippen molar-refractivity contribution >= 4 is 11.7 Å². The van der Waals surface area contributed by atoms with Gasteiger partial charge in [-0.1, -0.05) is 38.8 Å². The first kappa shape index (κ1) is 16.5. The van der Waals surface area contributed by atoms with Crippen molar-refractivity contribution in [3.8, 4) is 0 Å². The zero-order valence-corrected chi connectivity index (χ0v) is 12.8. The maximum Gasteiger partial charge on any atom is 0.319 e. The molecule has 0 radical (unpaired) electrons. The Morgan fingerprint density at radius 2 is 2.00 bits per heavy atom. The Labute approximate surface area is 122 Å². The van der Waals surface area contributed by atoms with E-state index >= 15 is 0 Å². The number of benzene rings is 1. The van der Waals surface area contributed by atoms with Gasteiger partial charge in [0, 0.05) is 18.3 Å². The summed E-state index contributed by atoms with van der Waals surface area (Å²) >= 11 is 0. The average molecular weight is 277 g/mol. The minimum atomic E-state index is -0.156. The molecule has 4 heteroatoms. The number of rotatable bonds is 7. The average Bonchev–Trinajstić information content (AvgIpc) is 2.38. The Bertz CT molecular complexity index is 418. The minimum Gasteiger partial charge on any atom is -0.335 e. The molecule has 1 unspecified atom stereocenters. The van der Waals surface area contributed by atoms with E-state index < -0.39 is 0 Å². The van der Waals surface area contributed by atoms with Gasteiger partial charge in [-0.05, 0) is 37.0 Å². The third-order valence-electron chi connectivity index (χ3n) is 3.22. The maximum atomic E-state index is 11.9. The molecule has 0 aliphatic rings. The fraction of sp³-hybridized carbons (Fsp3) is 0.562. The van der Waals surface area contributed by atoms with Gasteiger partial charge in [0.1, 0.15) is 0 Å². The van der Waals surface area contributed by atoms with E-state index in [1.807, 2.05) is 31.2 Å². The molecule has 0 aliphatic heterocycles. The van der Waals surface area contributed by atoms with Gasteiger partial charge in [0.15, 0.2) is 0 Å². The second-order valence-electron chi connectivity index (χ2n) is 5.73. The van der Waals surface area contributed by atoms with Crippen LogP contribution in [0.25, 0.3) is 0 Å². The third-order valence-corrected chi connectivity index (χ3v) is 3.22. The molecular formula is C16H27N3O. The van der Waals surface area contributed by atoms with Gasteiger partial charge in [-0.2, -0.15) is 0 Å². The van der Waals surface area contributed by atoms with E-state index in [-0.39, 0.29) is 12.1 Å². The molecule has 112 valence electrons. The summed E-state index contributed by atoms with van der Waals surface area (Å²) in [4.78, 5) is 11.9. The van der Waals surface area contributed by atoms with Gasteiger partial charge >= 0.3 is 6.03 Å². The number of hydrogen-bond acceptors (Lipinski definition) is 2. The Balaban J connectivity index is 2.35. The van der Waals surface area contributed by atoms with Crippen molar-refractivity contribution in [3.05, 3.63) is 29.8 Å². The van der Waals surface area contributed by atoms with Crippen molar-refractivity contribution in [1.29, 1.82) is 0 Å². The quantitative estimate of drug-likeness (QED) is 0.714. The van der Waals surface area contributed by atoms with Gasteiger partial charge < -0.3 is 16.4 Å². The lowest BCUT2D eigenvalue weighted by atomic mass is 10.0. The molecule has 0 fully saturated rings. The van der Waals surface area contributed by atoms with Crippen LogP contribution in [-0.2, 0) is 6.54 Å². The van der Waals surface area contributed by atoms with Gasteiger partial charge in [0.25, 0.3) is 0 Å². The summed E-state index contributed by atoms with van der Waals surface area (Å²) in [5, 5.41) is 5.80. The van der Waals surface area contributed by atoms with E-state index in [4.69, 9.17) is 5.73 Å². The summed E-state index contributed by atoms with van der Waals surface area (Å²) in [6.07, 6.45) is 3.35. The first-order valence-electron chi connectivity index (χ1n) is 7.37.